The van der Waals surface area contributed by atoms with Gasteiger partial charge in [0.15, 0.2) is 0 Å². The molecular formula is C19H23N3O3. The molecule has 1 aromatic heterocycles. The molecule has 0 aliphatic heterocycles. The number of aliphatic hydroxyl groups excluding tert-OH is 1. The van der Waals surface area contributed by atoms with Gasteiger partial charge in [0.25, 0.3) is 11.5 Å². The van der Waals surface area contributed by atoms with Gasteiger partial charge in [-0.15, -0.1) is 0 Å². The number of benzene rings is 1. The van der Waals surface area contributed by atoms with Gasteiger partial charge in [-0.05, 0) is 43.2 Å². The molecule has 1 amide bonds. The van der Waals surface area contributed by atoms with Crippen LogP contribution in [0.2, 0.25) is 0 Å². The van der Waals surface area contributed by atoms with E-state index in [-0.39, 0.29) is 29.8 Å². The summed E-state index contributed by atoms with van der Waals surface area (Å²) in [4.78, 5) is 24.4. The van der Waals surface area contributed by atoms with E-state index in [0.717, 1.165) is 31.2 Å². The standard InChI is InChI=1S/C19H23N3O3/c23-13-15-6-8-16(9-7-15)20-19(25)17-10-11-18(24)22(21-17)12-14-4-2-1-3-5-14/h1-5,10-11,15-16,23H,6-9,12-13H2,(H,20,25). The Morgan fingerprint density at radius 1 is 1.12 bits per heavy atom. The zero-order chi connectivity index (χ0) is 17.6. The van der Waals surface area contributed by atoms with Gasteiger partial charge in [-0.2, -0.15) is 5.10 Å². The second-order valence-corrected chi connectivity index (χ2v) is 6.57. The van der Waals surface area contributed by atoms with Crippen LogP contribution in [0, 0.1) is 5.92 Å². The number of nitrogens with one attached hydrogen (secondary N) is 1. The number of hydrogen-bond donors (Lipinski definition) is 2. The fraction of sp³-hybridized carbons (Fsp3) is 0.421. The van der Waals surface area contributed by atoms with Crippen molar-refractivity contribution in [2.24, 2.45) is 5.92 Å². The van der Waals surface area contributed by atoms with Crippen molar-refractivity contribution < 1.29 is 9.90 Å². The Hall–Kier alpha value is -2.47. The van der Waals surface area contributed by atoms with E-state index >= 15 is 0 Å². The maximum Gasteiger partial charge on any atom is 0.271 e. The molecule has 6 nitrogen and oxygen atoms in total. The minimum atomic E-state index is -0.255. The molecule has 6 heteroatoms. The Morgan fingerprint density at radius 3 is 2.52 bits per heavy atom. The Bertz CT molecular complexity index is 765. The fourth-order valence-corrected chi connectivity index (χ4v) is 3.19. The predicted molar refractivity (Wildman–Crippen MR) is 94.3 cm³/mol. The summed E-state index contributed by atoms with van der Waals surface area (Å²) in [5, 5.41) is 16.4. The van der Waals surface area contributed by atoms with Crippen LogP contribution in [0.3, 0.4) is 0 Å². The summed E-state index contributed by atoms with van der Waals surface area (Å²) in [7, 11) is 0. The molecule has 0 saturated heterocycles. The van der Waals surface area contributed by atoms with Crippen molar-refractivity contribution >= 4 is 5.91 Å². The van der Waals surface area contributed by atoms with E-state index in [1.54, 1.807) is 0 Å². The number of hydrogen-bond acceptors (Lipinski definition) is 4. The molecule has 0 unspecified atom stereocenters. The number of aromatic nitrogens is 2. The van der Waals surface area contributed by atoms with Crippen LogP contribution in [0.15, 0.2) is 47.3 Å². The molecule has 1 aromatic carbocycles. The first kappa shape index (κ1) is 17.4. The Labute approximate surface area is 146 Å². The summed E-state index contributed by atoms with van der Waals surface area (Å²) in [6, 6.07) is 12.5. The third-order valence-corrected chi connectivity index (χ3v) is 4.71. The average Bonchev–Trinajstić information content (AvgIpc) is 2.65. The van der Waals surface area contributed by atoms with Gasteiger partial charge < -0.3 is 10.4 Å². The zero-order valence-electron chi connectivity index (χ0n) is 14.1. The Morgan fingerprint density at radius 2 is 1.84 bits per heavy atom. The van der Waals surface area contributed by atoms with Gasteiger partial charge in [0.1, 0.15) is 5.69 Å². The normalized spacial score (nSPS) is 20.2. The lowest BCUT2D eigenvalue weighted by atomic mass is 9.86. The van der Waals surface area contributed by atoms with Gasteiger partial charge in [-0.1, -0.05) is 30.3 Å². The number of rotatable bonds is 5. The lowest BCUT2D eigenvalue weighted by Crippen LogP contribution is -2.39. The molecule has 3 rings (SSSR count). The van der Waals surface area contributed by atoms with Crippen LogP contribution in [0.4, 0.5) is 0 Å². The minimum Gasteiger partial charge on any atom is -0.396 e. The molecule has 0 radical (unpaired) electrons. The minimum absolute atomic E-state index is 0.103. The molecule has 2 N–H and O–H groups in total. The maximum atomic E-state index is 12.4. The Balaban J connectivity index is 1.67. The highest BCUT2D eigenvalue weighted by Gasteiger charge is 2.22. The summed E-state index contributed by atoms with van der Waals surface area (Å²) >= 11 is 0. The monoisotopic (exact) mass is 341 g/mol. The zero-order valence-corrected chi connectivity index (χ0v) is 14.1. The highest BCUT2D eigenvalue weighted by Crippen LogP contribution is 2.23. The van der Waals surface area contributed by atoms with Crippen molar-refractivity contribution in [2.75, 3.05) is 6.61 Å². The molecule has 1 heterocycles. The maximum absolute atomic E-state index is 12.4. The van der Waals surface area contributed by atoms with Gasteiger partial charge in [0.05, 0.1) is 6.54 Å². The molecule has 0 atom stereocenters. The number of amides is 1. The van der Waals surface area contributed by atoms with Crippen molar-refractivity contribution in [3.05, 3.63) is 64.1 Å². The highest BCUT2D eigenvalue weighted by molar-refractivity contribution is 5.92. The van der Waals surface area contributed by atoms with Gasteiger partial charge in [0.2, 0.25) is 0 Å². The molecule has 1 aliphatic rings. The van der Waals surface area contributed by atoms with Crippen LogP contribution >= 0.6 is 0 Å². The van der Waals surface area contributed by atoms with Crippen LogP contribution in [0.25, 0.3) is 0 Å². The summed E-state index contributed by atoms with van der Waals surface area (Å²) in [6.07, 6.45) is 3.56. The first-order valence-electron chi connectivity index (χ1n) is 8.69. The first-order chi connectivity index (χ1) is 12.2. The lowest BCUT2D eigenvalue weighted by Gasteiger charge is -2.27. The van der Waals surface area contributed by atoms with Crippen LogP contribution in [0.5, 0.6) is 0 Å². The topological polar surface area (TPSA) is 84.2 Å². The second-order valence-electron chi connectivity index (χ2n) is 6.57. The van der Waals surface area contributed by atoms with Gasteiger partial charge in [-0.25, -0.2) is 4.68 Å². The van der Waals surface area contributed by atoms with Crippen molar-refractivity contribution in [3.8, 4) is 0 Å². The number of carbonyl (C=O) groups is 1. The van der Waals surface area contributed by atoms with Crippen LogP contribution in [-0.4, -0.2) is 33.4 Å². The van der Waals surface area contributed by atoms with E-state index in [4.69, 9.17) is 0 Å². The first-order valence-corrected chi connectivity index (χ1v) is 8.69. The van der Waals surface area contributed by atoms with Crippen LogP contribution in [-0.2, 0) is 6.54 Å². The molecule has 1 saturated carbocycles. The molecule has 25 heavy (non-hydrogen) atoms. The van der Waals surface area contributed by atoms with Crippen LogP contribution < -0.4 is 10.9 Å². The number of carbonyl (C=O) groups excluding carboxylic acids is 1. The van der Waals surface area contributed by atoms with E-state index in [9.17, 15) is 14.7 Å². The highest BCUT2D eigenvalue weighted by atomic mass is 16.3. The van der Waals surface area contributed by atoms with E-state index in [1.165, 1.54) is 16.8 Å². The van der Waals surface area contributed by atoms with E-state index < -0.39 is 0 Å². The summed E-state index contributed by atoms with van der Waals surface area (Å²) in [6.45, 7) is 0.551. The smallest absolute Gasteiger partial charge is 0.271 e. The van der Waals surface area contributed by atoms with Gasteiger partial charge in [0, 0.05) is 18.7 Å². The van der Waals surface area contributed by atoms with Gasteiger partial charge >= 0.3 is 0 Å². The second kappa shape index (κ2) is 8.07. The predicted octanol–water partition coefficient (Wildman–Crippen LogP) is 1.57. The fourth-order valence-electron chi connectivity index (χ4n) is 3.19. The molecular weight excluding hydrogens is 318 g/mol. The molecule has 2 aromatic rings. The molecule has 0 spiro atoms. The Kier molecular flexibility index (Phi) is 5.60. The van der Waals surface area contributed by atoms with E-state index in [0.29, 0.717) is 12.5 Å². The van der Waals surface area contributed by atoms with E-state index in [2.05, 4.69) is 10.4 Å². The molecule has 0 bridgehead atoms. The molecule has 1 aliphatic carbocycles. The van der Waals surface area contributed by atoms with Crippen LogP contribution in [0.1, 0.15) is 41.7 Å². The van der Waals surface area contributed by atoms with Crippen molar-refractivity contribution in [1.29, 1.82) is 0 Å². The SMILES string of the molecule is O=C(NC1CCC(CO)CC1)c1ccc(=O)n(Cc2ccccc2)n1. The molecule has 132 valence electrons. The summed E-state index contributed by atoms with van der Waals surface area (Å²) < 4.78 is 1.31. The summed E-state index contributed by atoms with van der Waals surface area (Å²) in [5.41, 5.74) is 0.973. The number of aliphatic hydroxyl groups is 1. The average molecular weight is 341 g/mol. The third kappa shape index (κ3) is 4.54. The number of nitrogens with zero attached hydrogens (tertiary/aromatic N) is 2. The summed E-state index contributed by atoms with van der Waals surface area (Å²) in [5.74, 6) is 0.0910. The quantitative estimate of drug-likeness (QED) is 0.865. The van der Waals surface area contributed by atoms with Crippen molar-refractivity contribution in [2.45, 2.75) is 38.3 Å². The van der Waals surface area contributed by atoms with Gasteiger partial charge in [-0.3, -0.25) is 9.59 Å². The van der Waals surface area contributed by atoms with Crippen molar-refractivity contribution in [1.82, 2.24) is 15.1 Å². The van der Waals surface area contributed by atoms with Crippen molar-refractivity contribution in [3.63, 3.8) is 0 Å². The molecule has 1 fully saturated rings. The largest absolute Gasteiger partial charge is 0.396 e. The lowest BCUT2D eigenvalue weighted by molar-refractivity contribution is 0.0906. The third-order valence-electron chi connectivity index (χ3n) is 4.71. The van der Waals surface area contributed by atoms with E-state index in [1.807, 2.05) is 30.3 Å².